The lowest BCUT2D eigenvalue weighted by Crippen LogP contribution is -2.28. The van der Waals surface area contributed by atoms with Gasteiger partial charge in [0.15, 0.2) is 6.10 Å². The molecule has 0 heterocycles. The number of allylic oxidation sites excluding steroid dienone is 2. The summed E-state index contributed by atoms with van der Waals surface area (Å²) in [6, 6.07) is 0. The highest BCUT2D eigenvalue weighted by molar-refractivity contribution is 5.70. The second-order valence-corrected chi connectivity index (χ2v) is 25.0. The van der Waals surface area contributed by atoms with E-state index in [0.717, 1.165) is 32.1 Å². The van der Waals surface area contributed by atoms with Crippen LogP contribution in [0.4, 0.5) is 0 Å². The Hall–Kier alpha value is -1.36. The van der Waals surface area contributed by atoms with Crippen LogP contribution in [0.2, 0.25) is 0 Å². The van der Waals surface area contributed by atoms with Crippen LogP contribution in [0.1, 0.15) is 425 Å². The van der Waals surface area contributed by atoms with Gasteiger partial charge in [-0.15, -0.1) is 0 Å². The number of carbonyl (C=O) groups is 2. The van der Waals surface area contributed by atoms with Crippen LogP contribution in [0.3, 0.4) is 0 Å². The van der Waals surface area contributed by atoms with Crippen molar-refractivity contribution in [1.82, 2.24) is 0 Å². The first-order valence-corrected chi connectivity index (χ1v) is 36.2. The van der Waals surface area contributed by atoms with E-state index in [9.17, 15) is 14.7 Å². The monoisotopic (exact) mass is 1100 g/mol. The number of rotatable bonds is 69. The van der Waals surface area contributed by atoms with Crippen LogP contribution < -0.4 is 0 Å². The largest absolute Gasteiger partial charge is 0.462 e. The molecule has 0 rings (SSSR count). The van der Waals surface area contributed by atoms with Gasteiger partial charge in [-0.25, -0.2) is 0 Å². The SMILES string of the molecule is CCCCCCCCCC/C=C\CCCCCCCCCCCCCCCCCC(=O)OC(CO)COC(=O)CCCCCCCCCCCCCCCCCCCCCCCCCCCCCCCCCCCCCCC. The van der Waals surface area contributed by atoms with Gasteiger partial charge in [0.2, 0.25) is 0 Å². The molecule has 464 valence electrons. The summed E-state index contributed by atoms with van der Waals surface area (Å²) in [5.74, 6) is -0.562. The molecule has 0 aromatic rings. The number of esters is 2. The zero-order chi connectivity index (χ0) is 56.2. The van der Waals surface area contributed by atoms with Crippen LogP contribution in [-0.4, -0.2) is 36.4 Å². The third kappa shape index (κ3) is 67.1. The van der Waals surface area contributed by atoms with Gasteiger partial charge >= 0.3 is 11.9 Å². The summed E-state index contributed by atoms with van der Waals surface area (Å²) < 4.78 is 10.8. The third-order valence-electron chi connectivity index (χ3n) is 17.1. The molecule has 1 unspecified atom stereocenters. The van der Waals surface area contributed by atoms with E-state index in [2.05, 4.69) is 26.0 Å². The fraction of sp³-hybridized carbons (Fsp3) is 0.945. The fourth-order valence-electron chi connectivity index (χ4n) is 11.6. The molecule has 0 aromatic carbocycles. The standard InChI is InChI=1S/C73H142O5/c1-3-5-7-9-11-13-15-17-19-21-23-25-27-29-31-32-33-34-35-36-37-38-39-40-42-43-45-47-49-51-53-55-57-59-61-63-65-67-72(75)77-70-71(69-74)78-73(76)68-66-64-62-60-58-56-54-52-50-48-46-44-41-30-28-26-24-22-20-18-16-14-12-10-8-6-4-2/h22,24,71,74H,3-21,23,25-70H2,1-2H3/b24-22-. The normalized spacial score (nSPS) is 12.1. The molecule has 0 saturated carbocycles. The van der Waals surface area contributed by atoms with E-state index in [1.54, 1.807) is 0 Å². The van der Waals surface area contributed by atoms with Crippen molar-refractivity contribution < 1.29 is 24.2 Å². The first-order valence-electron chi connectivity index (χ1n) is 36.2. The van der Waals surface area contributed by atoms with Crippen LogP contribution >= 0.6 is 0 Å². The third-order valence-corrected chi connectivity index (χ3v) is 17.1. The molecule has 1 atom stereocenters. The van der Waals surface area contributed by atoms with E-state index in [1.165, 1.54) is 366 Å². The molecule has 0 amide bonds. The van der Waals surface area contributed by atoms with Gasteiger partial charge in [-0.3, -0.25) is 9.59 Å². The second kappa shape index (κ2) is 69.9. The zero-order valence-electron chi connectivity index (χ0n) is 53.5. The molecular weight excluding hydrogens is 957 g/mol. The molecule has 5 nitrogen and oxygen atoms in total. The van der Waals surface area contributed by atoms with Crippen molar-refractivity contribution in [2.24, 2.45) is 0 Å². The van der Waals surface area contributed by atoms with Crippen molar-refractivity contribution in [2.45, 2.75) is 431 Å². The number of ether oxygens (including phenoxy) is 2. The zero-order valence-corrected chi connectivity index (χ0v) is 53.5. The maximum Gasteiger partial charge on any atom is 0.306 e. The molecular formula is C73H142O5. The van der Waals surface area contributed by atoms with Crippen molar-refractivity contribution in [3.63, 3.8) is 0 Å². The molecule has 0 radical (unpaired) electrons. The maximum atomic E-state index is 12.4. The highest BCUT2D eigenvalue weighted by Crippen LogP contribution is 2.20. The van der Waals surface area contributed by atoms with Crippen molar-refractivity contribution in [1.29, 1.82) is 0 Å². The molecule has 78 heavy (non-hydrogen) atoms. The van der Waals surface area contributed by atoms with Crippen molar-refractivity contribution in [3.8, 4) is 0 Å². The van der Waals surface area contributed by atoms with Crippen LogP contribution in [0.15, 0.2) is 12.2 Å². The van der Waals surface area contributed by atoms with Gasteiger partial charge in [0.25, 0.3) is 0 Å². The topological polar surface area (TPSA) is 72.8 Å². The lowest BCUT2D eigenvalue weighted by molar-refractivity contribution is -0.161. The minimum atomic E-state index is -0.768. The van der Waals surface area contributed by atoms with E-state index in [1.807, 2.05) is 0 Å². The van der Waals surface area contributed by atoms with Crippen molar-refractivity contribution in [3.05, 3.63) is 12.2 Å². The maximum absolute atomic E-state index is 12.4. The van der Waals surface area contributed by atoms with Gasteiger partial charge in [-0.1, -0.05) is 386 Å². The van der Waals surface area contributed by atoms with Gasteiger partial charge in [0, 0.05) is 12.8 Å². The van der Waals surface area contributed by atoms with Gasteiger partial charge in [-0.2, -0.15) is 0 Å². The van der Waals surface area contributed by atoms with Crippen LogP contribution in [0.25, 0.3) is 0 Å². The number of aliphatic hydroxyl groups excluding tert-OH is 1. The Morgan fingerprint density at radius 3 is 0.692 bits per heavy atom. The Kier molecular flexibility index (Phi) is 68.7. The number of hydrogen-bond acceptors (Lipinski definition) is 5. The molecule has 0 aliphatic rings. The Balaban J connectivity index is 3.35. The molecule has 0 fully saturated rings. The lowest BCUT2D eigenvalue weighted by atomic mass is 10.0. The minimum absolute atomic E-state index is 0.0572. The molecule has 0 bridgehead atoms. The highest BCUT2D eigenvalue weighted by Gasteiger charge is 2.16. The van der Waals surface area contributed by atoms with Crippen LogP contribution in [-0.2, 0) is 19.1 Å². The summed E-state index contributed by atoms with van der Waals surface area (Å²) in [4.78, 5) is 24.6. The summed E-state index contributed by atoms with van der Waals surface area (Å²) in [5.41, 5.74) is 0. The van der Waals surface area contributed by atoms with E-state index in [0.29, 0.717) is 12.8 Å². The quantitative estimate of drug-likeness (QED) is 0.0373. The predicted molar refractivity (Wildman–Crippen MR) is 344 cm³/mol. The first-order chi connectivity index (χ1) is 38.6. The molecule has 0 aromatic heterocycles. The first kappa shape index (κ1) is 76.6. The molecule has 0 aliphatic heterocycles. The van der Waals surface area contributed by atoms with Crippen LogP contribution in [0.5, 0.6) is 0 Å². The fourth-order valence-corrected chi connectivity index (χ4v) is 11.6. The molecule has 5 heteroatoms. The Labute approximate surface area is 490 Å². The predicted octanol–water partition coefficient (Wildman–Crippen LogP) is 25.0. The smallest absolute Gasteiger partial charge is 0.306 e. The number of unbranched alkanes of at least 4 members (excludes halogenated alkanes) is 59. The van der Waals surface area contributed by atoms with E-state index >= 15 is 0 Å². The number of aliphatic hydroxyl groups is 1. The van der Waals surface area contributed by atoms with Gasteiger partial charge < -0.3 is 14.6 Å². The van der Waals surface area contributed by atoms with E-state index in [-0.39, 0.29) is 25.2 Å². The Bertz CT molecular complexity index is 1150. The minimum Gasteiger partial charge on any atom is -0.462 e. The lowest BCUT2D eigenvalue weighted by Gasteiger charge is -2.15. The van der Waals surface area contributed by atoms with Crippen molar-refractivity contribution >= 4 is 11.9 Å². The van der Waals surface area contributed by atoms with E-state index in [4.69, 9.17) is 9.47 Å². The van der Waals surface area contributed by atoms with E-state index < -0.39 is 6.10 Å². The van der Waals surface area contributed by atoms with Gasteiger partial charge in [0.05, 0.1) is 6.61 Å². The second-order valence-electron chi connectivity index (χ2n) is 25.0. The average molecular weight is 1100 g/mol. The Morgan fingerprint density at radius 1 is 0.282 bits per heavy atom. The van der Waals surface area contributed by atoms with Crippen LogP contribution in [0, 0.1) is 0 Å². The summed E-state index contributed by atoms with van der Waals surface area (Å²) in [7, 11) is 0. The number of carbonyl (C=O) groups excluding carboxylic acids is 2. The molecule has 0 saturated heterocycles. The Morgan fingerprint density at radius 2 is 0.474 bits per heavy atom. The summed E-state index contributed by atoms with van der Waals surface area (Å²) in [5, 5.41) is 9.70. The molecule has 0 spiro atoms. The summed E-state index contributed by atoms with van der Waals surface area (Å²) in [6.45, 7) is 4.22. The summed E-state index contributed by atoms with van der Waals surface area (Å²) in [6.07, 6.45) is 89.9. The van der Waals surface area contributed by atoms with Gasteiger partial charge in [0.1, 0.15) is 6.61 Å². The van der Waals surface area contributed by atoms with Crippen molar-refractivity contribution in [2.75, 3.05) is 13.2 Å². The highest BCUT2D eigenvalue weighted by atomic mass is 16.6. The summed E-state index contributed by atoms with van der Waals surface area (Å²) >= 11 is 0. The number of hydrogen-bond donors (Lipinski definition) is 1. The molecule has 0 aliphatic carbocycles. The average Bonchev–Trinajstić information content (AvgIpc) is 3.44. The molecule has 1 N–H and O–H groups in total. The van der Waals surface area contributed by atoms with Gasteiger partial charge in [-0.05, 0) is 38.5 Å².